The molecule has 2 aromatic rings. The van der Waals surface area contributed by atoms with E-state index in [0.717, 1.165) is 0 Å². The number of carboxylic acids is 1. The van der Waals surface area contributed by atoms with Gasteiger partial charge in [0.15, 0.2) is 0 Å². The van der Waals surface area contributed by atoms with Crippen molar-refractivity contribution in [2.75, 3.05) is 13.1 Å². The summed E-state index contributed by atoms with van der Waals surface area (Å²) >= 11 is 13.6. The van der Waals surface area contributed by atoms with Crippen LogP contribution in [0.25, 0.3) is 10.6 Å². The zero-order chi connectivity index (χ0) is 18.4. The zero-order valence-corrected chi connectivity index (χ0v) is 15.0. The third-order valence-electron chi connectivity index (χ3n) is 2.95. The molecule has 132 valence electrons. The summed E-state index contributed by atoms with van der Waals surface area (Å²) in [4.78, 5) is 37.8. The smallest absolute Gasteiger partial charge is 0.322 e. The van der Waals surface area contributed by atoms with Gasteiger partial charge in [-0.1, -0.05) is 29.3 Å². The molecule has 3 N–H and O–H groups in total. The lowest BCUT2D eigenvalue weighted by Crippen LogP contribution is -2.39. The van der Waals surface area contributed by atoms with E-state index in [0.29, 0.717) is 26.3 Å². The van der Waals surface area contributed by atoms with E-state index >= 15 is 0 Å². The minimum atomic E-state index is -1.16. The first-order valence-corrected chi connectivity index (χ1v) is 8.64. The molecular formula is C15H13Cl2N3O4S. The van der Waals surface area contributed by atoms with Crippen molar-refractivity contribution < 1.29 is 19.5 Å². The lowest BCUT2D eigenvalue weighted by molar-refractivity contribution is -0.137. The number of hydrogen-bond donors (Lipinski definition) is 3. The Kier molecular flexibility index (Phi) is 6.74. The van der Waals surface area contributed by atoms with E-state index in [4.69, 9.17) is 28.3 Å². The molecule has 0 saturated carbocycles. The number of thiazole rings is 1. The lowest BCUT2D eigenvalue weighted by atomic mass is 10.2. The van der Waals surface area contributed by atoms with Gasteiger partial charge in [-0.2, -0.15) is 0 Å². The van der Waals surface area contributed by atoms with Gasteiger partial charge in [-0.25, -0.2) is 4.98 Å². The molecule has 0 atom stereocenters. The fourth-order valence-corrected chi connectivity index (χ4v) is 3.43. The molecule has 10 heteroatoms. The topological polar surface area (TPSA) is 108 Å². The maximum atomic E-state index is 11.8. The minimum Gasteiger partial charge on any atom is -0.480 e. The van der Waals surface area contributed by atoms with Gasteiger partial charge in [-0.15, -0.1) is 11.3 Å². The third-order valence-corrected chi connectivity index (χ3v) is 4.49. The average molecular weight is 402 g/mol. The van der Waals surface area contributed by atoms with Crippen LogP contribution in [0.4, 0.5) is 0 Å². The van der Waals surface area contributed by atoms with Crippen LogP contribution in [-0.4, -0.2) is 41.0 Å². The Morgan fingerprint density at radius 1 is 1.08 bits per heavy atom. The number of carboxylic acid groups (broad SMARTS) is 1. The van der Waals surface area contributed by atoms with E-state index in [1.54, 1.807) is 23.6 Å². The summed E-state index contributed by atoms with van der Waals surface area (Å²) in [6.07, 6.45) is -0.0230. The minimum absolute atomic E-state index is 0.0230. The summed E-state index contributed by atoms with van der Waals surface area (Å²) < 4.78 is 0. The number of aromatic nitrogens is 1. The standard InChI is InChI=1S/C15H13Cl2N3O4S/c16-9-2-1-3-10(17)14(9)15-20-8(7-25-15)4-11(21)18-5-12(22)19-6-13(23)24/h1-3,7H,4-6H2,(H,18,21)(H,19,22)(H,23,24). The molecule has 1 heterocycles. The van der Waals surface area contributed by atoms with Crippen LogP contribution in [0.1, 0.15) is 5.69 Å². The van der Waals surface area contributed by atoms with Gasteiger partial charge in [0.25, 0.3) is 0 Å². The van der Waals surface area contributed by atoms with Gasteiger partial charge in [0.2, 0.25) is 11.8 Å². The fourth-order valence-electron chi connectivity index (χ4n) is 1.85. The highest BCUT2D eigenvalue weighted by molar-refractivity contribution is 7.13. The predicted octanol–water partition coefficient (Wildman–Crippen LogP) is 1.98. The summed E-state index contributed by atoms with van der Waals surface area (Å²) in [7, 11) is 0. The van der Waals surface area contributed by atoms with Crippen molar-refractivity contribution in [2.45, 2.75) is 6.42 Å². The van der Waals surface area contributed by atoms with Crippen LogP contribution in [-0.2, 0) is 20.8 Å². The number of hydrogen-bond acceptors (Lipinski definition) is 5. The Hall–Kier alpha value is -2.16. The molecule has 0 saturated heterocycles. The zero-order valence-electron chi connectivity index (χ0n) is 12.7. The highest BCUT2D eigenvalue weighted by atomic mass is 35.5. The van der Waals surface area contributed by atoms with Crippen molar-refractivity contribution in [3.8, 4) is 10.6 Å². The monoisotopic (exact) mass is 401 g/mol. The molecule has 0 aliphatic carbocycles. The van der Waals surface area contributed by atoms with E-state index in [1.807, 2.05) is 0 Å². The quantitative estimate of drug-likeness (QED) is 0.656. The van der Waals surface area contributed by atoms with E-state index in [2.05, 4.69) is 15.6 Å². The Morgan fingerprint density at radius 2 is 1.72 bits per heavy atom. The summed E-state index contributed by atoms with van der Waals surface area (Å²) in [6.45, 7) is -0.803. The maximum absolute atomic E-state index is 11.8. The SMILES string of the molecule is O=C(O)CNC(=O)CNC(=O)Cc1csc(-c2c(Cl)cccc2Cl)n1. The van der Waals surface area contributed by atoms with E-state index in [9.17, 15) is 14.4 Å². The largest absolute Gasteiger partial charge is 0.480 e. The molecule has 0 aliphatic rings. The highest BCUT2D eigenvalue weighted by Gasteiger charge is 2.14. The molecule has 1 aromatic carbocycles. The Balaban J connectivity index is 1.92. The summed E-state index contributed by atoms with van der Waals surface area (Å²) in [6, 6.07) is 5.13. The van der Waals surface area contributed by atoms with E-state index < -0.39 is 24.3 Å². The van der Waals surface area contributed by atoms with Crippen LogP contribution in [0.2, 0.25) is 10.0 Å². The summed E-state index contributed by atoms with van der Waals surface area (Å²) in [5.41, 5.74) is 1.12. The molecule has 2 rings (SSSR count). The van der Waals surface area contributed by atoms with Crippen molar-refractivity contribution in [1.82, 2.24) is 15.6 Å². The van der Waals surface area contributed by atoms with Gasteiger partial charge in [-0.05, 0) is 12.1 Å². The van der Waals surface area contributed by atoms with Crippen LogP contribution in [0.15, 0.2) is 23.6 Å². The molecule has 7 nitrogen and oxygen atoms in total. The molecule has 0 unspecified atom stereocenters. The van der Waals surface area contributed by atoms with Crippen LogP contribution >= 0.6 is 34.5 Å². The number of halogens is 2. The average Bonchev–Trinajstić information content (AvgIpc) is 2.98. The first-order valence-electron chi connectivity index (χ1n) is 7.00. The number of nitrogens with one attached hydrogen (secondary N) is 2. The molecule has 0 fully saturated rings. The number of benzene rings is 1. The Labute approximate surface area is 157 Å². The molecule has 1 aromatic heterocycles. The molecule has 0 aliphatic heterocycles. The van der Waals surface area contributed by atoms with Gasteiger partial charge in [0.1, 0.15) is 11.6 Å². The number of nitrogens with zero attached hydrogens (tertiary/aromatic N) is 1. The van der Waals surface area contributed by atoms with E-state index in [-0.39, 0.29) is 13.0 Å². The van der Waals surface area contributed by atoms with Gasteiger partial charge in [0, 0.05) is 10.9 Å². The normalized spacial score (nSPS) is 10.3. The van der Waals surface area contributed by atoms with Crippen LogP contribution in [0.3, 0.4) is 0 Å². The van der Waals surface area contributed by atoms with E-state index in [1.165, 1.54) is 11.3 Å². The lowest BCUT2D eigenvalue weighted by Gasteiger charge is -2.04. The number of aliphatic carboxylic acids is 1. The first kappa shape index (κ1) is 19.2. The van der Waals surface area contributed by atoms with Crippen molar-refractivity contribution >= 4 is 52.3 Å². The van der Waals surface area contributed by atoms with Crippen LogP contribution in [0, 0.1) is 0 Å². The molecule has 2 amide bonds. The van der Waals surface area contributed by atoms with Gasteiger partial charge < -0.3 is 15.7 Å². The van der Waals surface area contributed by atoms with Crippen molar-refractivity contribution in [1.29, 1.82) is 0 Å². The second-order valence-corrected chi connectivity index (χ2v) is 6.54. The van der Waals surface area contributed by atoms with Crippen molar-refractivity contribution in [3.63, 3.8) is 0 Å². The molecular weight excluding hydrogens is 389 g/mol. The summed E-state index contributed by atoms with van der Waals surface area (Å²) in [5.74, 6) is -2.15. The Morgan fingerprint density at radius 3 is 2.36 bits per heavy atom. The number of carbonyl (C=O) groups excluding carboxylic acids is 2. The second kappa shape index (κ2) is 8.80. The number of amides is 2. The Bertz CT molecular complexity index is 790. The van der Waals surface area contributed by atoms with Gasteiger partial charge >= 0.3 is 5.97 Å². The number of carbonyl (C=O) groups is 3. The fraction of sp³-hybridized carbons (Fsp3) is 0.200. The molecule has 0 spiro atoms. The van der Waals surface area contributed by atoms with Gasteiger partial charge in [0.05, 0.1) is 28.7 Å². The van der Waals surface area contributed by atoms with Crippen molar-refractivity contribution in [3.05, 3.63) is 39.3 Å². The molecule has 0 radical (unpaired) electrons. The predicted molar refractivity (Wildman–Crippen MR) is 94.9 cm³/mol. The number of rotatable bonds is 7. The van der Waals surface area contributed by atoms with Crippen molar-refractivity contribution in [2.24, 2.45) is 0 Å². The van der Waals surface area contributed by atoms with Crippen LogP contribution < -0.4 is 10.6 Å². The second-order valence-electron chi connectivity index (χ2n) is 4.86. The molecule has 0 bridgehead atoms. The first-order chi connectivity index (χ1) is 11.9. The molecule has 25 heavy (non-hydrogen) atoms. The summed E-state index contributed by atoms with van der Waals surface area (Å²) in [5, 5.41) is 16.2. The van der Waals surface area contributed by atoms with Crippen LogP contribution in [0.5, 0.6) is 0 Å². The van der Waals surface area contributed by atoms with Gasteiger partial charge in [-0.3, -0.25) is 14.4 Å². The third kappa shape index (κ3) is 5.70. The highest BCUT2D eigenvalue weighted by Crippen LogP contribution is 2.36. The maximum Gasteiger partial charge on any atom is 0.322 e.